The molecule has 0 fully saturated rings. The first-order chi connectivity index (χ1) is 9.69. The van der Waals surface area contributed by atoms with Crippen LogP contribution in [0, 0.1) is 6.92 Å². The molecule has 4 heteroatoms. The summed E-state index contributed by atoms with van der Waals surface area (Å²) in [6.45, 7) is 5.67. The Morgan fingerprint density at radius 2 is 2.10 bits per heavy atom. The van der Waals surface area contributed by atoms with Gasteiger partial charge in [0.2, 0.25) is 0 Å². The van der Waals surface area contributed by atoms with E-state index in [2.05, 4.69) is 40.1 Å². The van der Waals surface area contributed by atoms with Crippen molar-refractivity contribution in [2.24, 2.45) is 0 Å². The number of anilines is 1. The molecule has 0 saturated heterocycles. The minimum atomic E-state index is 0.546. The zero-order chi connectivity index (χ0) is 14.4. The molecule has 0 aliphatic carbocycles. The fourth-order valence-electron chi connectivity index (χ4n) is 1.79. The first-order valence-corrected chi connectivity index (χ1v) is 7.56. The van der Waals surface area contributed by atoms with Crippen molar-refractivity contribution in [2.75, 3.05) is 11.9 Å². The molecule has 0 saturated carbocycles. The molecule has 2 aromatic rings. The minimum Gasteiger partial charge on any atom is -0.489 e. The Kier molecular flexibility index (Phi) is 5.41. The average molecular weight is 335 g/mol. The first-order valence-electron chi connectivity index (χ1n) is 6.77. The highest BCUT2D eigenvalue weighted by molar-refractivity contribution is 9.10. The molecule has 1 aromatic carbocycles. The third-order valence-corrected chi connectivity index (χ3v) is 3.81. The summed E-state index contributed by atoms with van der Waals surface area (Å²) < 4.78 is 6.91. The molecule has 0 aliphatic heterocycles. The van der Waals surface area contributed by atoms with Gasteiger partial charge in [-0.2, -0.15) is 0 Å². The van der Waals surface area contributed by atoms with Gasteiger partial charge in [-0.15, -0.1) is 0 Å². The minimum absolute atomic E-state index is 0.546. The predicted molar refractivity (Wildman–Crippen MR) is 86.2 cm³/mol. The molecule has 0 amide bonds. The van der Waals surface area contributed by atoms with E-state index in [1.165, 1.54) is 5.56 Å². The van der Waals surface area contributed by atoms with Gasteiger partial charge in [0.15, 0.2) is 0 Å². The summed E-state index contributed by atoms with van der Waals surface area (Å²) in [5, 5.41) is 3.28. The Morgan fingerprint density at radius 1 is 1.25 bits per heavy atom. The van der Waals surface area contributed by atoms with Gasteiger partial charge in [-0.25, -0.2) is 4.98 Å². The maximum absolute atomic E-state index is 5.81. The molecule has 106 valence electrons. The second-order valence-corrected chi connectivity index (χ2v) is 5.53. The van der Waals surface area contributed by atoms with E-state index in [1.54, 1.807) is 0 Å². The number of nitrogens with zero attached hydrogens (tertiary/aromatic N) is 1. The van der Waals surface area contributed by atoms with E-state index in [9.17, 15) is 0 Å². The monoisotopic (exact) mass is 334 g/mol. The van der Waals surface area contributed by atoms with E-state index in [0.717, 1.165) is 34.6 Å². The van der Waals surface area contributed by atoms with Gasteiger partial charge in [0.05, 0.1) is 0 Å². The van der Waals surface area contributed by atoms with Crippen molar-refractivity contribution in [2.45, 2.75) is 26.9 Å². The van der Waals surface area contributed by atoms with Crippen molar-refractivity contribution in [3.63, 3.8) is 0 Å². The molecule has 2 rings (SSSR count). The Bertz CT molecular complexity index is 572. The van der Waals surface area contributed by atoms with Crippen LogP contribution in [0.15, 0.2) is 41.0 Å². The van der Waals surface area contributed by atoms with Gasteiger partial charge in [0, 0.05) is 17.2 Å². The molecule has 20 heavy (non-hydrogen) atoms. The normalized spacial score (nSPS) is 10.3. The molecule has 3 nitrogen and oxygen atoms in total. The Labute approximate surface area is 128 Å². The summed E-state index contributed by atoms with van der Waals surface area (Å²) in [5.41, 5.74) is 2.28. The smallest absolute Gasteiger partial charge is 0.126 e. The van der Waals surface area contributed by atoms with Gasteiger partial charge in [-0.3, -0.25) is 0 Å². The van der Waals surface area contributed by atoms with E-state index in [1.807, 2.05) is 36.5 Å². The molecule has 0 unspecified atom stereocenters. The molecule has 0 aliphatic rings. The lowest BCUT2D eigenvalue weighted by molar-refractivity contribution is 0.306. The lowest BCUT2D eigenvalue weighted by Gasteiger charge is -2.09. The topological polar surface area (TPSA) is 34.1 Å². The van der Waals surface area contributed by atoms with Crippen LogP contribution in [0.3, 0.4) is 0 Å². The number of aromatic nitrogens is 1. The van der Waals surface area contributed by atoms with Gasteiger partial charge in [0.25, 0.3) is 0 Å². The highest BCUT2D eigenvalue weighted by Crippen LogP contribution is 2.22. The van der Waals surface area contributed by atoms with Crippen LogP contribution < -0.4 is 10.1 Å². The maximum Gasteiger partial charge on any atom is 0.126 e. The third-order valence-electron chi connectivity index (χ3n) is 2.92. The number of hydrogen-bond donors (Lipinski definition) is 1. The Balaban J connectivity index is 1.97. The summed E-state index contributed by atoms with van der Waals surface area (Å²) in [7, 11) is 0. The van der Waals surface area contributed by atoms with Crippen LogP contribution in [-0.4, -0.2) is 11.5 Å². The van der Waals surface area contributed by atoms with Crippen LogP contribution in [0.5, 0.6) is 5.75 Å². The molecule has 0 bridgehead atoms. The molecule has 1 aromatic heterocycles. The quantitative estimate of drug-likeness (QED) is 0.841. The van der Waals surface area contributed by atoms with Crippen LogP contribution >= 0.6 is 15.9 Å². The van der Waals surface area contributed by atoms with Crippen molar-refractivity contribution in [1.82, 2.24) is 4.98 Å². The summed E-state index contributed by atoms with van der Waals surface area (Å²) in [5.74, 6) is 1.78. The Hall–Kier alpha value is -1.55. The van der Waals surface area contributed by atoms with Crippen molar-refractivity contribution in [1.29, 1.82) is 0 Å². The zero-order valence-corrected chi connectivity index (χ0v) is 13.4. The number of ether oxygens (including phenoxy) is 1. The number of aryl methyl sites for hydroxylation is 1. The fraction of sp³-hybridized carbons (Fsp3) is 0.312. The standard InChI is InChI=1S/C16H19BrN2O/c1-3-7-18-16-10-13(6-8-19-16)11-20-14-4-5-15(17)12(2)9-14/h4-6,8-10H,3,7,11H2,1-2H3,(H,18,19). The number of nitrogens with one attached hydrogen (secondary N) is 1. The van der Waals surface area contributed by atoms with Crippen LogP contribution in [0.1, 0.15) is 24.5 Å². The van der Waals surface area contributed by atoms with Crippen LogP contribution in [0.25, 0.3) is 0 Å². The maximum atomic E-state index is 5.81. The largest absolute Gasteiger partial charge is 0.489 e. The third kappa shape index (κ3) is 4.23. The van der Waals surface area contributed by atoms with E-state index in [-0.39, 0.29) is 0 Å². The molecular weight excluding hydrogens is 316 g/mol. The van der Waals surface area contributed by atoms with Crippen LogP contribution in [-0.2, 0) is 6.61 Å². The summed E-state index contributed by atoms with van der Waals surface area (Å²) in [6.07, 6.45) is 2.89. The zero-order valence-electron chi connectivity index (χ0n) is 11.8. The lowest BCUT2D eigenvalue weighted by Crippen LogP contribution is -2.03. The number of rotatable bonds is 6. The van der Waals surface area contributed by atoms with Crippen molar-refractivity contribution in [3.8, 4) is 5.75 Å². The van der Waals surface area contributed by atoms with Gasteiger partial charge >= 0.3 is 0 Å². The number of pyridine rings is 1. The highest BCUT2D eigenvalue weighted by Gasteiger charge is 2.01. The lowest BCUT2D eigenvalue weighted by atomic mass is 10.2. The number of hydrogen-bond acceptors (Lipinski definition) is 3. The molecule has 1 N–H and O–H groups in total. The summed E-state index contributed by atoms with van der Waals surface area (Å²) >= 11 is 3.49. The number of halogens is 1. The molecule has 1 heterocycles. The van der Waals surface area contributed by atoms with Crippen LogP contribution in [0.2, 0.25) is 0 Å². The second kappa shape index (κ2) is 7.29. The summed E-state index contributed by atoms with van der Waals surface area (Å²) in [4.78, 5) is 4.28. The number of benzene rings is 1. The second-order valence-electron chi connectivity index (χ2n) is 4.68. The van der Waals surface area contributed by atoms with Crippen molar-refractivity contribution >= 4 is 21.7 Å². The molecule has 0 spiro atoms. The predicted octanol–water partition coefficient (Wildman–Crippen LogP) is 4.55. The van der Waals surface area contributed by atoms with E-state index in [4.69, 9.17) is 4.74 Å². The van der Waals surface area contributed by atoms with E-state index in [0.29, 0.717) is 6.61 Å². The SMILES string of the molecule is CCCNc1cc(COc2ccc(Br)c(C)c2)ccn1. The Morgan fingerprint density at radius 3 is 2.85 bits per heavy atom. The first kappa shape index (κ1) is 14.9. The summed E-state index contributed by atoms with van der Waals surface area (Å²) in [6, 6.07) is 10.0. The highest BCUT2D eigenvalue weighted by atomic mass is 79.9. The van der Waals surface area contributed by atoms with Gasteiger partial charge in [-0.1, -0.05) is 22.9 Å². The van der Waals surface area contributed by atoms with Crippen LogP contribution in [0.4, 0.5) is 5.82 Å². The molecular formula is C16H19BrN2O. The average Bonchev–Trinajstić information content (AvgIpc) is 2.47. The van der Waals surface area contributed by atoms with Gasteiger partial charge < -0.3 is 10.1 Å². The molecule has 0 radical (unpaired) electrons. The van der Waals surface area contributed by atoms with Gasteiger partial charge in [-0.05, 0) is 54.8 Å². The van der Waals surface area contributed by atoms with Gasteiger partial charge in [0.1, 0.15) is 18.2 Å². The fourth-order valence-corrected chi connectivity index (χ4v) is 2.03. The van der Waals surface area contributed by atoms with E-state index < -0.39 is 0 Å². The van der Waals surface area contributed by atoms with Crippen molar-refractivity contribution < 1.29 is 4.74 Å². The molecule has 0 atom stereocenters. The van der Waals surface area contributed by atoms with Crippen molar-refractivity contribution in [3.05, 3.63) is 52.1 Å². The van der Waals surface area contributed by atoms with E-state index >= 15 is 0 Å².